The number of halogens is 4. The number of nitrogens with one attached hydrogen (secondary N) is 2. The Morgan fingerprint density at radius 2 is 1.71 bits per heavy atom. The molecule has 0 saturated heterocycles. The molecule has 0 fully saturated rings. The van der Waals surface area contributed by atoms with E-state index in [4.69, 9.17) is 11.6 Å². The first kappa shape index (κ1) is 22.1. The first-order valence-electron chi connectivity index (χ1n) is 7.86. The van der Waals surface area contributed by atoms with Gasteiger partial charge in [-0.15, -0.1) is 0 Å². The fourth-order valence-corrected chi connectivity index (χ4v) is 3.24. The highest BCUT2D eigenvalue weighted by Gasteiger charge is 2.55. The lowest BCUT2D eigenvalue weighted by Crippen LogP contribution is -2.52. The topological polar surface area (TPSA) is 78.4 Å². The van der Waals surface area contributed by atoms with Gasteiger partial charge in [-0.05, 0) is 37.3 Å². The number of aliphatic hydroxyl groups is 1. The number of carbonyl (C=O) groups excluding carboxylic acids is 2. The molecule has 0 aliphatic carbocycles. The molecule has 3 N–H and O–H groups in total. The lowest BCUT2D eigenvalue weighted by atomic mass is 10.1. The van der Waals surface area contributed by atoms with Crippen molar-refractivity contribution in [1.29, 1.82) is 0 Å². The Bertz CT molecular complexity index is 904. The van der Waals surface area contributed by atoms with E-state index in [-0.39, 0.29) is 16.6 Å². The molecule has 0 spiro atoms. The number of rotatable bonds is 5. The largest absolute Gasteiger partial charge is 0.426 e. The van der Waals surface area contributed by atoms with Crippen LogP contribution < -0.4 is 10.6 Å². The third-order valence-electron chi connectivity index (χ3n) is 3.61. The molecule has 0 aliphatic heterocycles. The molecule has 0 bridgehead atoms. The molecule has 1 atom stereocenters. The molecule has 10 heteroatoms. The van der Waals surface area contributed by atoms with E-state index in [1.54, 1.807) is 30.3 Å². The van der Waals surface area contributed by atoms with Gasteiger partial charge in [0.1, 0.15) is 0 Å². The van der Waals surface area contributed by atoms with Gasteiger partial charge in [0.2, 0.25) is 11.5 Å². The quantitative estimate of drug-likeness (QED) is 0.640. The summed E-state index contributed by atoms with van der Waals surface area (Å²) in [6, 6.07) is 11.4. The number of hydrogen-bond acceptors (Lipinski definition) is 4. The number of anilines is 2. The first-order chi connectivity index (χ1) is 12.9. The number of benzene rings is 2. The minimum Gasteiger partial charge on any atom is -0.373 e. The normalized spacial score (nSPS) is 13.5. The van der Waals surface area contributed by atoms with E-state index < -0.39 is 17.7 Å². The van der Waals surface area contributed by atoms with Crippen molar-refractivity contribution in [2.45, 2.75) is 35.4 Å². The van der Waals surface area contributed by atoms with Crippen molar-refractivity contribution in [3.05, 3.63) is 47.5 Å². The van der Waals surface area contributed by atoms with Crippen LogP contribution in [0.1, 0.15) is 13.8 Å². The Morgan fingerprint density at radius 1 is 1.07 bits per heavy atom. The highest BCUT2D eigenvalue weighted by molar-refractivity contribution is 7.99. The summed E-state index contributed by atoms with van der Waals surface area (Å²) in [6.45, 7) is 1.74. The van der Waals surface area contributed by atoms with Crippen molar-refractivity contribution in [2.75, 3.05) is 10.6 Å². The number of alkyl halides is 3. The van der Waals surface area contributed by atoms with Crippen LogP contribution in [0.5, 0.6) is 0 Å². The van der Waals surface area contributed by atoms with Gasteiger partial charge in [-0.2, -0.15) is 13.2 Å². The number of hydrogen-bond donors (Lipinski definition) is 3. The summed E-state index contributed by atoms with van der Waals surface area (Å²) in [5, 5.41) is 14.1. The van der Waals surface area contributed by atoms with Gasteiger partial charge >= 0.3 is 6.18 Å². The average molecular weight is 433 g/mol. The molecule has 28 heavy (non-hydrogen) atoms. The summed E-state index contributed by atoms with van der Waals surface area (Å²) < 4.78 is 38.2. The minimum atomic E-state index is -5.13. The fraction of sp³-hybridized carbons (Fsp3) is 0.222. The standard InChI is InChI=1S/C18H16ClF3N2O3S/c1-10(25)23-14-5-3-4-6-15(14)28-11-7-8-13(12(19)9-11)24-16(26)17(2,27)18(20,21)22/h3-9,27H,1-2H3,(H,23,25)(H,24,26). The molecule has 2 aromatic carbocycles. The van der Waals surface area contributed by atoms with Crippen LogP contribution in [0.25, 0.3) is 0 Å². The second kappa shape index (κ2) is 8.42. The van der Waals surface area contributed by atoms with Crippen molar-refractivity contribution in [2.24, 2.45) is 0 Å². The Kier molecular flexibility index (Phi) is 6.63. The maximum atomic E-state index is 12.7. The summed E-state index contributed by atoms with van der Waals surface area (Å²) in [4.78, 5) is 24.4. The second-order valence-corrected chi connectivity index (χ2v) is 7.47. The molecule has 150 valence electrons. The molecule has 0 aromatic heterocycles. The van der Waals surface area contributed by atoms with Gasteiger partial charge < -0.3 is 15.7 Å². The van der Waals surface area contributed by atoms with E-state index in [1.165, 1.54) is 30.8 Å². The van der Waals surface area contributed by atoms with Crippen molar-refractivity contribution >= 4 is 46.6 Å². The summed E-state index contributed by atoms with van der Waals surface area (Å²) in [5.74, 6) is -1.88. The van der Waals surface area contributed by atoms with Gasteiger partial charge in [0, 0.05) is 16.7 Å². The number of amides is 2. The van der Waals surface area contributed by atoms with E-state index in [1.807, 2.05) is 5.32 Å². The van der Waals surface area contributed by atoms with Crippen LogP contribution in [-0.2, 0) is 9.59 Å². The van der Waals surface area contributed by atoms with Crippen LogP contribution in [-0.4, -0.2) is 28.7 Å². The molecule has 0 saturated carbocycles. The van der Waals surface area contributed by atoms with Crippen molar-refractivity contribution in [3.8, 4) is 0 Å². The van der Waals surface area contributed by atoms with Gasteiger partial charge in [0.15, 0.2) is 0 Å². The molecule has 1 unspecified atom stereocenters. The number of carbonyl (C=O) groups is 2. The molecule has 0 heterocycles. The molecule has 2 rings (SSSR count). The summed E-state index contributed by atoms with van der Waals surface area (Å²) in [7, 11) is 0. The first-order valence-corrected chi connectivity index (χ1v) is 9.06. The SMILES string of the molecule is CC(=O)Nc1ccccc1Sc1ccc(NC(=O)C(C)(O)C(F)(F)F)c(Cl)c1. The van der Waals surface area contributed by atoms with Gasteiger partial charge in [-0.25, -0.2) is 0 Å². The summed E-state index contributed by atoms with van der Waals surface area (Å²) >= 11 is 7.33. The minimum absolute atomic E-state index is 0.00617. The zero-order valence-corrected chi connectivity index (χ0v) is 16.3. The molecule has 0 radical (unpaired) electrons. The second-order valence-electron chi connectivity index (χ2n) is 5.95. The van der Waals surface area contributed by atoms with Crippen molar-refractivity contribution in [3.63, 3.8) is 0 Å². The van der Waals surface area contributed by atoms with E-state index >= 15 is 0 Å². The monoisotopic (exact) mass is 432 g/mol. The third kappa shape index (κ3) is 5.18. The van der Waals surface area contributed by atoms with Gasteiger partial charge in [-0.1, -0.05) is 35.5 Å². The zero-order valence-electron chi connectivity index (χ0n) is 14.7. The van der Waals surface area contributed by atoms with Gasteiger partial charge in [0.05, 0.1) is 16.4 Å². The maximum Gasteiger partial charge on any atom is 0.426 e. The molecule has 5 nitrogen and oxygen atoms in total. The molecule has 2 aromatic rings. The average Bonchev–Trinajstić information content (AvgIpc) is 2.57. The Labute approximate surface area is 168 Å². The van der Waals surface area contributed by atoms with Crippen LogP contribution in [0.4, 0.5) is 24.5 Å². The Balaban J connectivity index is 2.20. The van der Waals surface area contributed by atoms with E-state index in [0.29, 0.717) is 17.5 Å². The van der Waals surface area contributed by atoms with Crippen LogP contribution >= 0.6 is 23.4 Å². The molecule has 2 amide bonds. The molecular weight excluding hydrogens is 417 g/mol. The molecule has 0 aliphatic rings. The van der Waals surface area contributed by atoms with E-state index in [2.05, 4.69) is 5.32 Å². The predicted molar refractivity (Wildman–Crippen MR) is 102 cm³/mol. The van der Waals surface area contributed by atoms with Crippen LogP contribution in [0.3, 0.4) is 0 Å². The maximum absolute atomic E-state index is 12.7. The van der Waals surface area contributed by atoms with Crippen LogP contribution in [0.2, 0.25) is 5.02 Å². The van der Waals surface area contributed by atoms with Gasteiger partial charge in [0.25, 0.3) is 5.91 Å². The summed E-state index contributed by atoms with van der Waals surface area (Å²) in [6.07, 6.45) is -5.13. The summed E-state index contributed by atoms with van der Waals surface area (Å²) in [5.41, 5.74) is -3.04. The number of para-hydroxylation sites is 1. The van der Waals surface area contributed by atoms with Crippen molar-refractivity contribution in [1.82, 2.24) is 0 Å². The fourth-order valence-electron chi connectivity index (χ4n) is 2.01. The van der Waals surface area contributed by atoms with Crippen LogP contribution in [0.15, 0.2) is 52.3 Å². The zero-order chi connectivity index (χ0) is 21.1. The van der Waals surface area contributed by atoms with Gasteiger partial charge in [-0.3, -0.25) is 9.59 Å². The van der Waals surface area contributed by atoms with Crippen LogP contribution in [0, 0.1) is 0 Å². The smallest absolute Gasteiger partial charge is 0.373 e. The Hall–Kier alpha value is -2.23. The molecular formula is C18H16ClF3N2O3S. The lowest BCUT2D eigenvalue weighted by molar-refractivity contribution is -0.242. The Morgan fingerprint density at radius 3 is 2.29 bits per heavy atom. The highest BCUT2D eigenvalue weighted by Crippen LogP contribution is 2.37. The van der Waals surface area contributed by atoms with E-state index in [9.17, 15) is 27.9 Å². The highest BCUT2D eigenvalue weighted by atomic mass is 35.5. The predicted octanol–water partition coefficient (Wildman–Crippen LogP) is 4.70. The van der Waals surface area contributed by atoms with Crippen molar-refractivity contribution < 1.29 is 27.9 Å². The third-order valence-corrected chi connectivity index (χ3v) is 4.99. The lowest BCUT2D eigenvalue weighted by Gasteiger charge is -2.25. The van der Waals surface area contributed by atoms with E-state index in [0.717, 1.165) is 4.90 Å².